The highest BCUT2D eigenvalue weighted by molar-refractivity contribution is 7.77. The number of hydrogen-bond acceptors (Lipinski definition) is 7. The highest BCUT2D eigenvalue weighted by Gasteiger charge is 2.64. The Hall–Kier alpha value is -4.29. The zero-order valence-corrected chi connectivity index (χ0v) is 27.2. The van der Waals surface area contributed by atoms with Crippen molar-refractivity contribution in [3.63, 3.8) is 0 Å². The second-order valence-corrected chi connectivity index (χ2v) is 14.0. The van der Waals surface area contributed by atoms with Gasteiger partial charge >= 0.3 is 0 Å². The predicted octanol–water partition coefficient (Wildman–Crippen LogP) is 4.86. The number of carbonyl (C=O) groups excluding carboxylic acids is 2. The van der Waals surface area contributed by atoms with Gasteiger partial charge in [0.25, 0.3) is 17.2 Å². The fraction of sp³-hybridized carbons (Fsp3) is 0.429. The number of ether oxygens (including phenoxy) is 1. The molecule has 0 radical (unpaired) electrons. The molecule has 2 aliphatic carbocycles. The lowest BCUT2D eigenvalue weighted by Crippen LogP contribution is -2.51. The van der Waals surface area contributed by atoms with Crippen molar-refractivity contribution >= 4 is 39.8 Å². The maximum absolute atomic E-state index is 14.7. The maximum atomic E-state index is 14.7. The molecule has 2 N–H and O–H groups in total. The van der Waals surface area contributed by atoms with Gasteiger partial charge in [-0.2, -0.15) is 0 Å². The van der Waals surface area contributed by atoms with Crippen molar-refractivity contribution < 1.29 is 23.1 Å². The molecule has 8 rings (SSSR count). The van der Waals surface area contributed by atoms with Gasteiger partial charge in [0.15, 0.2) is 0 Å². The lowest BCUT2D eigenvalue weighted by molar-refractivity contribution is -0.138. The number of hydrogen-bond donors (Lipinski definition) is 2. The average Bonchev–Trinajstić information content (AvgIpc) is 3.78. The largest absolute Gasteiger partial charge is 0.497 e. The van der Waals surface area contributed by atoms with Gasteiger partial charge in [0.2, 0.25) is 5.91 Å². The van der Waals surface area contributed by atoms with Gasteiger partial charge in [-0.05, 0) is 66.6 Å². The second kappa shape index (κ2) is 11.7. The third-order valence-corrected chi connectivity index (χ3v) is 11.2. The van der Waals surface area contributed by atoms with Crippen LogP contribution in [0, 0.1) is 5.41 Å². The Morgan fingerprint density at radius 3 is 2.57 bits per heavy atom. The fourth-order valence-electron chi connectivity index (χ4n) is 8.47. The van der Waals surface area contributed by atoms with Crippen molar-refractivity contribution in [2.24, 2.45) is 5.41 Å². The highest BCUT2D eigenvalue weighted by atomic mass is 32.2. The normalized spacial score (nSPS) is 22.9. The van der Waals surface area contributed by atoms with E-state index in [0.717, 1.165) is 58.6 Å². The van der Waals surface area contributed by atoms with Gasteiger partial charge in [-0.15, -0.1) is 0 Å². The van der Waals surface area contributed by atoms with Crippen LogP contribution in [0.2, 0.25) is 0 Å². The molecule has 3 fully saturated rings. The van der Waals surface area contributed by atoms with Crippen LogP contribution in [0.25, 0.3) is 22.2 Å². The summed E-state index contributed by atoms with van der Waals surface area (Å²) in [6.07, 6.45) is 11.6. The molecule has 2 aromatic carbocycles. The van der Waals surface area contributed by atoms with Crippen LogP contribution >= 0.6 is 0 Å². The summed E-state index contributed by atoms with van der Waals surface area (Å²) in [5, 5.41) is 1.08. The van der Waals surface area contributed by atoms with Crippen molar-refractivity contribution in [3.05, 3.63) is 71.7 Å². The van der Waals surface area contributed by atoms with Gasteiger partial charge in [-0.25, -0.2) is 13.9 Å². The maximum Gasteiger partial charge on any atom is 0.264 e. The van der Waals surface area contributed by atoms with E-state index in [1.807, 2.05) is 23.1 Å². The molecule has 11 nitrogen and oxygen atoms in total. The number of piperazine rings is 1. The first-order chi connectivity index (χ1) is 22.9. The summed E-state index contributed by atoms with van der Waals surface area (Å²) in [5.74, 6) is 1.54. The van der Waals surface area contributed by atoms with Crippen molar-refractivity contribution in [2.75, 3.05) is 38.2 Å². The first-order valence-corrected chi connectivity index (χ1v) is 17.6. The van der Waals surface area contributed by atoms with Gasteiger partial charge in [-0.3, -0.25) is 19.1 Å². The molecule has 4 heterocycles. The molecule has 1 saturated heterocycles. The Bertz CT molecular complexity index is 1900. The van der Waals surface area contributed by atoms with Gasteiger partial charge in [0.1, 0.15) is 11.6 Å². The van der Waals surface area contributed by atoms with Crippen LogP contribution in [0.15, 0.2) is 55.0 Å². The Kier molecular flexibility index (Phi) is 7.52. The number of fused-ring (bicyclic) bond motifs is 7. The predicted molar refractivity (Wildman–Crippen MR) is 179 cm³/mol. The highest BCUT2D eigenvalue weighted by Crippen LogP contribution is 2.66. The Labute approximate surface area is 275 Å². The average molecular weight is 655 g/mol. The van der Waals surface area contributed by atoms with Crippen molar-refractivity contribution in [3.8, 4) is 17.0 Å². The number of amides is 2. The minimum atomic E-state index is -2.48. The van der Waals surface area contributed by atoms with E-state index in [4.69, 9.17) is 4.74 Å². The van der Waals surface area contributed by atoms with Gasteiger partial charge in [0, 0.05) is 73.1 Å². The molecule has 4 aromatic rings. The van der Waals surface area contributed by atoms with Crippen LogP contribution < -0.4 is 14.4 Å². The van der Waals surface area contributed by atoms with E-state index in [0.29, 0.717) is 44.2 Å². The summed E-state index contributed by atoms with van der Waals surface area (Å²) in [4.78, 5) is 40.5. The first-order valence-electron chi connectivity index (χ1n) is 16.4. The SMILES string of the molecule is COc1ccc2c(c1)C1CC1(C(=O)N1CCN(c3cnccn3)CC1)Cn1c-2c(C2CCCCC2)c2ccc(C(=O)NS(=O)O)cc21. The van der Waals surface area contributed by atoms with Crippen LogP contribution in [0.1, 0.15) is 71.8 Å². The lowest BCUT2D eigenvalue weighted by Gasteiger charge is -2.37. The van der Waals surface area contributed by atoms with E-state index in [1.165, 1.54) is 24.8 Å². The summed E-state index contributed by atoms with van der Waals surface area (Å²) >= 11 is -2.48. The molecule has 0 spiro atoms. The number of aromatic nitrogens is 3. The molecule has 2 amide bonds. The van der Waals surface area contributed by atoms with E-state index in [2.05, 4.69) is 36.3 Å². The molecule has 4 aliphatic rings. The van der Waals surface area contributed by atoms with Crippen molar-refractivity contribution in [1.29, 1.82) is 0 Å². The van der Waals surface area contributed by atoms with E-state index >= 15 is 0 Å². The zero-order valence-electron chi connectivity index (χ0n) is 26.4. The Morgan fingerprint density at radius 1 is 1.04 bits per heavy atom. The fourth-order valence-corrected chi connectivity index (χ4v) is 8.74. The van der Waals surface area contributed by atoms with Crippen LogP contribution in [0.3, 0.4) is 0 Å². The number of rotatable bonds is 6. The number of carbonyl (C=O) groups is 2. The van der Waals surface area contributed by atoms with Crippen LogP contribution in [0.5, 0.6) is 5.75 Å². The van der Waals surface area contributed by atoms with Crippen molar-refractivity contribution in [1.82, 2.24) is 24.2 Å². The monoisotopic (exact) mass is 654 g/mol. The minimum absolute atomic E-state index is 0.0376. The molecule has 244 valence electrons. The minimum Gasteiger partial charge on any atom is -0.497 e. The quantitative estimate of drug-likeness (QED) is 0.282. The Balaban J connectivity index is 1.25. The van der Waals surface area contributed by atoms with E-state index in [9.17, 15) is 18.4 Å². The van der Waals surface area contributed by atoms with Gasteiger partial charge in [0.05, 0.1) is 24.4 Å². The molecule has 2 aromatic heterocycles. The summed E-state index contributed by atoms with van der Waals surface area (Å²) < 4.78 is 30.9. The number of methoxy groups -OCH3 is 1. The Morgan fingerprint density at radius 2 is 1.85 bits per heavy atom. The van der Waals surface area contributed by atoms with Crippen LogP contribution in [-0.2, 0) is 22.6 Å². The molecule has 2 aliphatic heterocycles. The molecule has 0 bridgehead atoms. The number of nitrogens with zero attached hydrogens (tertiary/aromatic N) is 5. The summed E-state index contributed by atoms with van der Waals surface area (Å²) in [6.45, 7) is 3.06. The second-order valence-electron chi connectivity index (χ2n) is 13.3. The molecular weight excluding hydrogens is 616 g/mol. The smallest absolute Gasteiger partial charge is 0.264 e. The lowest BCUT2D eigenvalue weighted by atomic mass is 9.81. The third kappa shape index (κ3) is 5.09. The third-order valence-electron chi connectivity index (χ3n) is 10.8. The van der Waals surface area contributed by atoms with E-state index in [-0.39, 0.29) is 11.8 Å². The summed E-state index contributed by atoms with van der Waals surface area (Å²) in [6, 6.07) is 11.8. The topological polar surface area (TPSA) is 130 Å². The zero-order chi connectivity index (χ0) is 32.3. The standard InChI is InChI=1S/C35H38N6O5S/c1-46-24-8-10-25-27(18-24)28-19-35(28,34(43)40-15-13-39(14-16-40)30-20-36-11-12-37-30)21-41-29-17-23(33(42)38-47(44)45)7-9-26(29)31(32(25)41)22-5-3-2-4-6-22/h7-12,17-18,20,22,28H,2-6,13-16,19,21H2,1H3,(H,38,42)(H,44,45). The van der Waals surface area contributed by atoms with E-state index < -0.39 is 22.6 Å². The molecule has 47 heavy (non-hydrogen) atoms. The molecule has 12 heteroatoms. The van der Waals surface area contributed by atoms with Crippen LogP contribution in [0.4, 0.5) is 5.82 Å². The number of benzene rings is 2. The van der Waals surface area contributed by atoms with Crippen LogP contribution in [-0.4, -0.2) is 73.3 Å². The molecule has 3 unspecified atom stereocenters. The number of nitrogens with one attached hydrogen (secondary N) is 1. The van der Waals surface area contributed by atoms with E-state index in [1.54, 1.807) is 31.8 Å². The van der Waals surface area contributed by atoms with Gasteiger partial charge in [-0.1, -0.05) is 25.3 Å². The number of anilines is 1. The first kappa shape index (κ1) is 30.1. The summed E-state index contributed by atoms with van der Waals surface area (Å²) in [5.41, 5.74) is 5.22. The molecule has 3 atom stereocenters. The van der Waals surface area contributed by atoms with Crippen molar-refractivity contribution in [2.45, 2.75) is 56.9 Å². The molecular formula is C35H38N6O5S. The summed E-state index contributed by atoms with van der Waals surface area (Å²) in [7, 11) is 1.68. The molecule has 2 saturated carbocycles. The van der Waals surface area contributed by atoms with Gasteiger partial charge < -0.3 is 19.1 Å².